The first-order chi connectivity index (χ1) is 13.3. The summed E-state index contributed by atoms with van der Waals surface area (Å²) in [6.07, 6.45) is 9.31. The van der Waals surface area contributed by atoms with Crippen molar-refractivity contribution in [3.63, 3.8) is 0 Å². The number of nitrogens with zero attached hydrogens (tertiary/aromatic N) is 3. The van der Waals surface area contributed by atoms with Gasteiger partial charge in [0.15, 0.2) is 5.96 Å². The van der Waals surface area contributed by atoms with E-state index in [9.17, 15) is 0 Å². The maximum atomic E-state index is 5.46. The van der Waals surface area contributed by atoms with Gasteiger partial charge in [-0.3, -0.25) is 9.89 Å². The number of rotatable bonds is 7. The average Bonchev–Trinajstić information content (AvgIpc) is 3.34. The zero-order valence-corrected chi connectivity index (χ0v) is 19.2. The molecular formula is C21H35IN4O2. The molecule has 0 unspecified atom stereocenters. The molecule has 3 heterocycles. The first-order valence-corrected chi connectivity index (χ1v) is 10.7. The maximum Gasteiger partial charge on any atom is 0.193 e. The molecular weight excluding hydrogens is 467 g/mol. The average molecular weight is 502 g/mol. The molecule has 0 atom stereocenters. The zero-order valence-electron chi connectivity index (χ0n) is 16.9. The number of morpholine rings is 1. The van der Waals surface area contributed by atoms with E-state index in [4.69, 9.17) is 14.1 Å². The highest BCUT2D eigenvalue weighted by Gasteiger charge is 2.43. The van der Waals surface area contributed by atoms with Gasteiger partial charge in [-0.15, -0.1) is 24.0 Å². The Morgan fingerprint density at radius 2 is 2.04 bits per heavy atom. The standard InChI is InChI=1S/C21H34N4O2.HI/c1-4-19(27-15-1)5-10-23-20(25-12-8-21(18-25)6-2-7-21)22-9-3-11-24-13-16-26-17-14-24;/h1,4,15H,2-3,5-14,16-18H2,(H,22,23);1H. The summed E-state index contributed by atoms with van der Waals surface area (Å²) >= 11 is 0. The molecule has 3 aliphatic rings. The molecule has 2 saturated heterocycles. The van der Waals surface area contributed by atoms with E-state index in [1.807, 2.05) is 12.1 Å². The van der Waals surface area contributed by atoms with Crippen molar-refractivity contribution in [1.29, 1.82) is 0 Å². The van der Waals surface area contributed by atoms with Crippen LogP contribution in [0.5, 0.6) is 0 Å². The van der Waals surface area contributed by atoms with Crippen LogP contribution in [-0.2, 0) is 11.2 Å². The number of guanidine groups is 1. The fraction of sp³-hybridized carbons (Fsp3) is 0.762. The quantitative estimate of drug-likeness (QED) is 0.269. The van der Waals surface area contributed by atoms with Crippen LogP contribution in [0.1, 0.15) is 37.9 Å². The van der Waals surface area contributed by atoms with Gasteiger partial charge in [0.1, 0.15) is 5.76 Å². The summed E-state index contributed by atoms with van der Waals surface area (Å²) in [6.45, 7) is 9.09. The molecule has 1 N–H and O–H groups in total. The largest absolute Gasteiger partial charge is 0.469 e. The van der Waals surface area contributed by atoms with Gasteiger partial charge in [-0.05, 0) is 43.2 Å². The summed E-state index contributed by atoms with van der Waals surface area (Å²) in [5.41, 5.74) is 0.595. The molecule has 0 amide bonds. The molecule has 1 aromatic heterocycles. The lowest BCUT2D eigenvalue weighted by atomic mass is 9.68. The third kappa shape index (κ3) is 5.86. The number of nitrogens with one attached hydrogen (secondary N) is 1. The predicted molar refractivity (Wildman–Crippen MR) is 122 cm³/mol. The molecule has 28 heavy (non-hydrogen) atoms. The molecule has 0 bridgehead atoms. The fourth-order valence-corrected chi connectivity index (χ4v) is 4.52. The lowest BCUT2D eigenvalue weighted by Gasteiger charge is -2.38. The third-order valence-corrected chi connectivity index (χ3v) is 6.38. The number of hydrogen-bond acceptors (Lipinski definition) is 4. The molecule has 0 aromatic carbocycles. The van der Waals surface area contributed by atoms with Gasteiger partial charge >= 0.3 is 0 Å². The van der Waals surface area contributed by atoms with Crippen LogP contribution in [0, 0.1) is 5.41 Å². The van der Waals surface area contributed by atoms with Crippen molar-refractivity contribution in [2.75, 3.05) is 59.0 Å². The summed E-state index contributed by atoms with van der Waals surface area (Å²) in [6, 6.07) is 4.00. The monoisotopic (exact) mass is 502 g/mol. The van der Waals surface area contributed by atoms with Crippen molar-refractivity contribution in [1.82, 2.24) is 15.1 Å². The first kappa shape index (κ1) is 21.9. The van der Waals surface area contributed by atoms with E-state index in [2.05, 4.69) is 15.1 Å². The van der Waals surface area contributed by atoms with Crippen LogP contribution in [0.15, 0.2) is 27.8 Å². The number of ether oxygens (including phenoxy) is 1. The summed E-state index contributed by atoms with van der Waals surface area (Å²) in [5.74, 6) is 2.14. The van der Waals surface area contributed by atoms with Crippen LogP contribution < -0.4 is 5.32 Å². The van der Waals surface area contributed by atoms with Crippen LogP contribution in [-0.4, -0.2) is 74.8 Å². The maximum absolute atomic E-state index is 5.46. The van der Waals surface area contributed by atoms with E-state index >= 15 is 0 Å². The van der Waals surface area contributed by atoms with Crippen LogP contribution in [0.3, 0.4) is 0 Å². The minimum atomic E-state index is 0. The molecule has 4 rings (SSSR count). The van der Waals surface area contributed by atoms with Crippen molar-refractivity contribution >= 4 is 29.9 Å². The summed E-state index contributed by atoms with van der Waals surface area (Å²) in [5, 5.41) is 3.61. The minimum absolute atomic E-state index is 0. The molecule has 1 spiro atoms. The molecule has 1 aromatic rings. The van der Waals surface area contributed by atoms with Gasteiger partial charge in [0.05, 0.1) is 19.5 Å². The molecule has 0 radical (unpaired) electrons. The Morgan fingerprint density at radius 3 is 2.71 bits per heavy atom. The number of halogens is 1. The van der Waals surface area contributed by atoms with Gasteiger partial charge < -0.3 is 19.4 Å². The van der Waals surface area contributed by atoms with E-state index in [0.717, 1.165) is 77.0 Å². The second kappa shape index (κ2) is 10.8. The zero-order chi connectivity index (χ0) is 18.4. The summed E-state index contributed by atoms with van der Waals surface area (Å²) in [7, 11) is 0. The Balaban J connectivity index is 0.00000225. The van der Waals surface area contributed by atoms with E-state index in [1.54, 1.807) is 6.26 Å². The van der Waals surface area contributed by atoms with E-state index in [1.165, 1.54) is 32.2 Å². The Kier molecular flexibility index (Phi) is 8.47. The highest BCUT2D eigenvalue weighted by atomic mass is 127. The summed E-state index contributed by atoms with van der Waals surface area (Å²) < 4.78 is 10.9. The van der Waals surface area contributed by atoms with Gasteiger partial charge in [0, 0.05) is 52.2 Å². The highest BCUT2D eigenvalue weighted by Crippen LogP contribution is 2.47. The molecule has 2 aliphatic heterocycles. The lowest BCUT2D eigenvalue weighted by Crippen LogP contribution is -2.43. The van der Waals surface area contributed by atoms with E-state index in [-0.39, 0.29) is 24.0 Å². The lowest BCUT2D eigenvalue weighted by molar-refractivity contribution is 0.0377. The number of hydrogen-bond donors (Lipinski definition) is 1. The Hall–Kier alpha value is -0.800. The first-order valence-electron chi connectivity index (χ1n) is 10.7. The molecule has 3 fully saturated rings. The second-order valence-electron chi connectivity index (χ2n) is 8.29. The molecule has 1 saturated carbocycles. The topological polar surface area (TPSA) is 53.2 Å². The van der Waals surface area contributed by atoms with E-state index < -0.39 is 0 Å². The smallest absolute Gasteiger partial charge is 0.193 e. The van der Waals surface area contributed by atoms with Gasteiger partial charge in [-0.2, -0.15) is 0 Å². The van der Waals surface area contributed by atoms with Gasteiger partial charge in [-0.25, -0.2) is 0 Å². The SMILES string of the molecule is I.c1coc(CCNC(=NCCCN2CCOCC2)N2CCC3(CCC3)C2)c1. The normalized spacial score (nSPS) is 22.1. The number of aliphatic imine (C=N–C) groups is 1. The van der Waals surface area contributed by atoms with Crippen LogP contribution >= 0.6 is 24.0 Å². The third-order valence-electron chi connectivity index (χ3n) is 6.38. The van der Waals surface area contributed by atoms with Crippen LogP contribution in [0.4, 0.5) is 0 Å². The van der Waals surface area contributed by atoms with Crippen LogP contribution in [0.25, 0.3) is 0 Å². The molecule has 158 valence electrons. The molecule has 7 heteroatoms. The van der Waals surface area contributed by atoms with Gasteiger partial charge in [0.25, 0.3) is 0 Å². The van der Waals surface area contributed by atoms with Crippen molar-refractivity contribution < 1.29 is 9.15 Å². The Bertz CT molecular complexity index is 598. The van der Waals surface area contributed by atoms with Crippen molar-refractivity contribution in [3.8, 4) is 0 Å². The van der Waals surface area contributed by atoms with Gasteiger partial charge in [0.2, 0.25) is 0 Å². The fourth-order valence-electron chi connectivity index (χ4n) is 4.52. The van der Waals surface area contributed by atoms with Crippen molar-refractivity contribution in [2.24, 2.45) is 10.4 Å². The van der Waals surface area contributed by atoms with Crippen molar-refractivity contribution in [3.05, 3.63) is 24.2 Å². The Labute approximate surface area is 186 Å². The Morgan fingerprint density at radius 1 is 1.18 bits per heavy atom. The second-order valence-corrected chi connectivity index (χ2v) is 8.29. The summed E-state index contributed by atoms with van der Waals surface area (Å²) in [4.78, 5) is 9.96. The van der Waals surface area contributed by atoms with Gasteiger partial charge in [-0.1, -0.05) is 6.42 Å². The highest BCUT2D eigenvalue weighted by molar-refractivity contribution is 14.0. The number of furan rings is 1. The predicted octanol–water partition coefficient (Wildman–Crippen LogP) is 2.98. The van der Waals surface area contributed by atoms with E-state index in [0.29, 0.717) is 5.41 Å². The molecule has 6 nitrogen and oxygen atoms in total. The van der Waals surface area contributed by atoms with Crippen molar-refractivity contribution in [2.45, 2.75) is 38.5 Å². The molecule has 1 aliphatic carbocycles. The van der Waals surface area contributed by atoms with Crippen LogP contribution in [0.2, 0.25) is 0 Å². The minimum Gasteiger partial charge on any atom is -0.469 e. The number of likely N-dealkylation sites (tertiary alicyclic amines) is 1.